The first-order chi connectivity index (χ1) is 7.98. The Kier molecular flexibility index (Phi) is 4.49. The SMILES string of the molecule is COc1ccc(C(=O)OCC(C)(C)CF)cc1. The molecule has 0 atom stereocenters. The molecule has 0 aliphatic rings. The molecule has 0 heterocycles. The van der Waals surface area contributed by atoms with E-state index in [9.17, 15) is 9.18 Å². The van der Waals surface area contributed by atoms with Crippen molar-refractivity contribution in [3.8, 4) is 5.75 Å². The van der Waals surface area contributed by atoms with Crippen LogP contribution in [0.5, 0.6) is 5.75 Å². The molecule has 1 rings (SSSR count). The fourth-order valence-electron chi connectivity index (χ4n) is 1.11. The summed E-state index contributed by atoms with van der Waals surface area (Å²) in [4.78, 5) is 11.6. The molecule has 3 nitrogen and oxygen atoms in total. The lowest BCUT2D eigenvalue weighted by molar-refractivity contribution is 0.0299. The Labute approximate surface area is 101 Å². The van der Waals surface area contributed by atoms with E-state index in [0.29, 0.717) is 11.3 Å². The zero-order valence-corrected chi connectivity index (χ0v) is 10.3. The third-order valence-electron chi connectivity index (χ3n) is 2.28. The summed E-state index contributed by atoms with van der Waals surface area (Å²) in [6, 6.07) is 6.58. The van der Waals surface area contributed by atoms with E-state index in [1.807, 2.05) is 0 Å². The van der Waals surface area contributed by atoms with E-state index in [1.54, 1.807) is 45.2 Å². The number of halogens is 1. The molecule has 0 aromatic heterocycles. The van der Waals surface area contributed by atoms with E-state index in [-0.39, 0.29) is 6.61 Å². The third kappa shape index (κ3) is 4.06. The van der Waals surface area contributed by atoms with E-state index in [2.05, 4.69) is 0 Å². The van der Waals surface area contributed by atoms with Crippen molar-refractivity contribution < 1.29 is 18.7 Å². The highest BCUT2D eigenvalue weighted by atomic mass is 19.1. The lowest BCUT2D eigenvalue weighted by atomic mass is 9.97. The van der Waals surface area contributed by atoms with Crippen LogP contribution in [0.2, 0.25) is 0 Å². The Bertz CT molecular complexity index is 371. The summed E-state index contributed by atoms with van der Waals surface area (Å²) >= 11 is 0. The predicted molar refractivity (Wildman–Crippen MR) is 63.0 cm³/mol. The monoisotopic (exact) mass is 240 g/mol. The molecule has 0 radical (unpaired) electrons. The highest BCUT2D eigenvalue weighted by molar-refractivity contribution is 5.89. The van der Waals surface area contributed by atoms with Crippen molar-refractivity contribution in [3.63, 3.8) is 0 Å². The molecule has 0 bridgehead atoms. The summed E-state index contributed by atoms with van der Waals surface area (Å²) in [5.74, 6) is 0.222. The topological polar surface area (TPSA) is 35.5 Å². The number of rotatable bonds is 5. The Morgan fingerprint density at radius 3 is 2.35 bits per heavy atom. The Morgan fingerprint density at radius 2 is 1.88 bits per heavy atom. The van der Waals surface area contributed by atoms with Crippen molar-refractivity contribution in [2.75, 3.05) is 20.4 Å². The molecule has 0 N–H and O–H groups in total. The molecule has 1 aromatic carbocycles. The smallest absolute Gasteiger partial charge is 0.338 e. The van der Waals surface area contributed by atoms with Crippen LogP contribution in [-0.4, -0.2) is 26.4 Å². The van der Waals surface area contributed by atoms with Gasteiger partial charge in [0.1, 0.15) is 5.75 Å². The third-order valence-corrected chi connectivity index (χ3v) is 2.28. The zero-order valence-electron chi connectivity index (χ0n) is 10.3. The molecule has 17 heavy (non-hydrogen) atoms. The number of hydrogen-bond donors (Lipinski definition) is 0. The molecule has 4 heteroatoms. The van der Waals surface area contributed by atoms with Gasteiger partial charge in [-0.2, -0.15) is 0 Å². The summed E-state index contributed by atoms with van der Waals surface area (Å²) in [5, 5.41) is 0. The van der Waals surface area contributed by atoms with E-state index in [4.69, 9.17) is 9.47 Å². The van der Waals surface area contributed by atoms with Crippen LogP contribution in [0.3, 0.4) is 0 Å². The van der Waals surface area contributed by atoms with Crippen molar-refractivity contribution >= 4 is 5.97 Å². The normalized spacial score (nSPS) is 11.1. The molecule has 94 valence electrons. The fraction of sp³-hybridized carbons (Fsp3) is 0.462. The van der Waals surface area contributed by atoms with Gasteiger partial charge in [-0.3, -0.25) is 4.39 Å². The zero-order chi connectivity index (χ0) is 12.9. The number of alkyl halides is 1. The van der Waals surface area contributed by atoms with Gasteiger partial charge in [-0.05, 0) is 24.3 Å². The summed E-state index contributed by atoms with van der Waals surface area (Å²) in [7, 11) is 1.55. The van der Waals surface area contributed by atoms with Gasteiger partial charge in [-0.25, -0.2) is 4.79 Å². The van der Waals surface area contributed by atoms with Crippen molar-refractivity contribution in [3.05, 3.63) is 29.8 Å². The second-order valence-electron chi connectivity index (χ2n) is 4.60. The summed E-state index contributed by atoms with van der Waals surface area (Å²) in [6.45, 7) is 2.94. The van der Waals surface area contributed by atoms with Crippen molar-refractivity contribution in [1.82, 2.24) is 0 Å². The maximum atomic E-state index is 12.5. The molecule has 0 saturated heterocycles. The molecule has 0 fully saturated rings. The van der Waals surface area contributed by atoms with Gasteiger partial charge < -0.3 is 9.47 Å². The van der Waals surface area contributed by atoms with Gasteiger partial charge in [-0.1, -0.05) is 13.8 Å². The highest BCUT2D eigenvalue weighted by Crippen LogP contribution is 2.17. The van der Waals surface area contributed by atoms with Crippen LogP contribution in [0.1, 0.15) is 24.2 Å². The first-order valence-corrected chi connectivity index (χ1v) is 5.36. The molecular weight excluding hydrogens is 223 g/mol. The van der Waals surface area contributed by atoms with Crippen LogP contribution >= 0.6 is 0 Å². The van der Waals surface area contributed by atoms with Crippen molar-refractivity contribution in [1.29, 1.82) is 0 Å². The number of esters is 1. The van der Waals surface area contributed by atoms with E-state index in [0.717, 1.165) is 0 Å². The average molecular weight is 240 g/mol. The van der Waals surface area contributed by atoms with Crippen LogP contribution in [0.4, 0.5) is 4.39 Å². The number of benzene rings is 1. The number of carbonyl (C=O) groups is 1. The Morgan fingerprint density at radius 1 is 1.29 bits per heavy atom. The first-order valence-electron chi connectivity index (χ1n) is 5.36. The second kappa shape index (κ2) is 5.66. The van der Waals surface area contributed by atoms with Crippen LogP contribution < -0.4 is 4.74 Å². The second-order valence-corrected chi connectivity index (χ2v) is 4.60. The molecule has 0 saturated carbocycles. The molecule has 0 aliphatic carbocycles. The molecule has 0 aliphatic heterocycles. The van der Waals surface area contributed by atoms with E-state index >= 15 is 0 Å². The van der Waals surface area contributed by atoms with Gasteiger partial charge >= 0.3 is 5.97 Å². The lowest BCUT2D eigenvalue weighted by Gasteiger charge is -2.19. The maximum Gasteiger partial charge on any atom is 0.338 e. The van der Waals surface area contributed by atoms with Crippen molar-refractivity contribution in [2.45, 2.75) is 13.8 Å². The summed E-state index contributed by atoms with van der Waals surface area (Å²) in [6.07, 6.45) is 0. The van der Waals surface area contributed by atoms with E-state index < -0.39 is 18.1 Å². The predicted octanol–water partition coefficient (Wildman–Crippen LogP) is 2.85. The average Bonchev–Trinajstić information content (AvgIpc) is 2.36. The molecular formula is C13H17FO3. The van der Waals surface area contributed by atoms with Gasteiger partial charge in [0.05, 0.1) is 26.0 Å². The van der Waals surface area contributed by atoms with Gasteiger partial charge in [-0.15, -0.1) is 0 Å². The minimum atomic E-state index is -0.637. The van der Waals surface area contributed by atoms with Crippen LogP contribution in [0.15, 0.2) is 24.3 Å². The summed E-state index contributed by atoms with van der Waals surface area (Å²) in [5.41, 5.74) is -0.206. The highest BCUT2D eigenvalue weighted by Gasteiger charge is 2.20. The standard InChI is InChI=1S/C13H17FO3/c1-13(2,8-14)9-17-12(15)10-4-6-11(16-3)7-5-10/h4-7H,8-9H2,1-3H3. The van der Waals surface area contributed by atoms with Crippen LogP contribution in [0.25, 0.3) is 0 Å². The number of ether oxygens (including phenoxy) is 2. The minimum absolute atomic E-state index is 0.0639. The van der Waals surface area contributed by atoms with Crippen LogP contribution in [0, 0.1) is 5.41 Å². The van der Waals surface area contributed by atoms with Gasteiger partial charge in [0.25, 0.3) is 0 Å². The van der Waals surface area contributed by atoms with E-state index in [1.165, 1.54) is 0 Å². The van der Waals surface area contributed by atoms with Gasteiger partial charge in [0.15, 0.2) is 0 Å². The number of carbonyl (C=O) groups excluding carboxylic acids is 1. The summed E-state index contributed by atoms with van der Waals surface area (Å²) < 4.78 is 22.5. The quantitative estimate of drug-likeness (QED) is 0.742. The Hall–Kier alpha value is -1.58. The first kappa shape index (κ1) is 13.5. The molecule has 0 amide bonds. The fourth-order valence-corrected chi connectivity index (χ4v) is 1.11. The maximum absolute atomic E-state index is 12.5. The van der Waals surface area contributed by atoms with Crippen LogP contribution in [-0.2, 0) is 4.74 Å². The largest absolute Gasteiger partial charge is 0.497 e. The molecule has 0 spiro atoms. The van der Waals surface area contributed by atoms with Crippen molar-refractivity contribution in [2.24, 2.45) is 5.41 Å². The van der Waals surface area contributed by atoms with Gasteiger partial charge in [0, 0.05) is 5.41 Å². The van der Waals surface area contributed by atoms with Gasteiger partial charge in [0.2, 0.25) is 0 Å². The minimum Gasteiger partial charge on any atom is -0.497 e. The Balaban J connectivity index is 2.58. The number of methoxy groups -OCH3 is 1. The molecule has 0 unspecified atom stereocenters. The lowest BCUT2D eigenvalue weighted by Crippen LogP contribution is -2.23. The molecule has 1 aromatic rings. The number of hydrogen-bond acceptors (Lipinski definition) is 3.